The number of nitrogens with one attached hydrogen (secondary N) is 1. The lowest BCUT2D eigenvalue weighted by molar-refractivity contribution is -0.141. The molecule has 2 heterocycles. The molecule has 0 fully saturated rings. The first-order valence-electron chi connectivity index (χ1n) is 5.51. The third kappa shape index (κ3) is 3.87. The fourth-order valence-corrected chi connectivity index (χ4v) is 3.01. The molecule has 0 bridgehead atoms. The van der Waals surface area contributed by atoms with Gasteiger partial charge in [-0.25, -0.2) is 4.98 Å². The Labute approximate surface area is 118 Å². The van der Waals surface area contributed by atoms with Crippen LogP contribution in [0.2, 0.25) is 0 Å². The first-order chi connectivity index (χ1) is 9.19. The van der Waals surface area contributed by atoms with E-state index in [2.05, 4.69) is 15.0 Å². The van der Waals surface area contributed by atoms with Crippen molar-refractivity contribution in [3.63, 3.8) is 0 Å². The third-order valence-electron chi connectivity index (χ3n) is 2.28. The van der Waals surface area contributed by atoms with Crippen molar-refractivity contribution in [1.29, 1.82) is 0 Å². The van der Waals surface area contributed by atoms with Crippen LogP contribution in [0.4, 0.5) is 0 Å². The highest BCUT2D eigenvalue weighted by molar-refractivity contribution is 7.20. The second-order valence-electron chi connectivity index (χ2n) is 3.65. The van der Waals surface area contributed by atoms with Crippen molar-refractivity contribution >= 4 is 34.6 Å². The Balaban J connectivity index is 1.89. The normalized spacial score (nSPS) is 10.2. The molecule has 0 aliphatic rings. The van der Waals surface area contributed by atoms with Crippen LogP contribution in [0.3, 0.4) is 0 Å². The first-order valence-corrected chi connectivity index (χ1v) is 7.27. The van der Waals surface area contributed by atoms with Gasteiger partial charge in [-0.2, -0.15) is 0 Å². The van der Waals surface area contributed by atoms with Gasteiger partial charge in [0.25, 0.3) is 0 Å². The predicted molar refractivity (Wildman–Crippen MR) is 74.2 cm³/mol. The lowest BCUT2D eigenvalue weighted by Gasteiger charge is -2.01. The fraction of sp³-hybridized carbons (Fsp3) is 0.250. The molecular weight excluding hydrogens is 284 g/mol. The van der Waals surface area contributed by atoms with E-state index in [-0.39, 0.29) is 18.9 Å². The van der Waals surface area contributed by atoms with Gasteiger partial charge < -0.3 is 10.1 Å². The third-order valence-corrected chi connectivity index (χ3v) is 4.21. The lowest BCUT2D eigenvalue weighted by Crippen LogP contribution is -2.31. The Morgan fingerprint density at radius 2 is 2.26 bits per heavy atom. The number of methoxy groups -OCH3 is 1. The van der Waals surface area contributed by atoms with Crippen LogP contribution >= 0.6 is 22.7 Å². The molecule has 100 valence electrons. The highest BCUT2D eigenvalue weighted by atomic mass is 32.1. The summed E-state index contributed by atoms with van der Waals surface area (Å²) in [5, 5.41) is 7.23. The minimum atomic E-state index is -0.467. The maximum atomic E-state index is 11.6. The number of carbonyl (C=O) groups excluding carboxylic acids is 2. The molecule has 0 unspecified atom stereocenters. The van der Waals surface area contributed by atoms with Crippen molar-refractivity contribution in [3.05, 3.63) is 28.6 Å². The van der Waals surface area contributed by atoms with Crippen LogP contribution in [0.25, 0.3) is 9.88 Å². The van der Waals surface area contributed by atoms with E-state index in [1.807, 2.05) is 22.9 Å². The standard InChI is InChI=1S/C12H12N2O3S2/c1-17-11(16)6-13-10(15)5-8-7-19-12(14-8)9-3-2-4-18-9/h2-4,7H,5-6H2,1H3,(H,13,15). The minimum Gasteiger partial charge on any atom is -0.468 e. The number of esters is 1. The highest BCUT2D eigenvalue weighted by Gasteiger charge is 2.10. The van der Waals surface area contributed by atoms with E-state index in [4.69, 9.17) is 0 Å². The van der Waals surface area contributed by atoms with Crippen molar-refractivity contribution in [2.45, 2.75) is 6.42 Å². The van der Waals surface area contributed by atoms with Gasteiger partial charge in [-0.1, -0.05) is 6.07 Å². The van der Waals surface area contributed by atoms with Crippen LogP contribution in [-0.4, -0.2) is 30.5 Å². The van der Waals surface area contributed by atoms with E-state index in [0.29, 0.717) is 5.69 Å². The number of aromatic nitrogens is 1. The summed E-state index contributed by atoms with van der Waals surface area (Å²) in [4.78, 5) is 27.9. The van der Waals surface area contributed by atoms with Crippen LogP contribution < -0.4 is 5.32 Å². The minimum absolute atomic E-state index is 0.114. The Morgan fingerprint density at radius 3 is 2.95 bits per heavy atom. The molecule has 0 spiro atoms. The van der Waals surface area contributed by atoms with Crippen molar-refractivity contribution in [2.24, 2.45) is 0 Å². The average Bonchev–Trinajstić information content (AvgIpc) is 3.06. The maximum absolute atomic E-state index is 11.6. The number of hydrogen-bond donors (Lipinski definition) is 1. The molecule has 0 aromatic carbocycles. The van der Waals surface area contributed by atoms with E-state index >= 15 is 0 Å². The second kappa shape index (κ2) is 6.44. The van der Waals surface area contributed by atoms with Gasteiger partial charge in [0.15, 0.2) is 0 Å². The summed E-state index contributed by atoms with van der Waals surface area (Å²) >= 11 is 3.12. The molecular formula is C12H12N2O3S2. The largest absolute Gasteiger partial charge is 0.468 e. The van der Waals surface area contributed by atoms with Gasteiger partial charge in [0, 0.05) is 5.38 Å². The van der Waals surface area contributed by atoms with Crippen LogP contribution in [0.15, 0.2) is 22.9 Å². The molecule has 1 amide bonds. The Hall–Kier alpha value is -1.73. The van der Waals surface area contributed by atoms with Gasteiger partial charge in [-0.05, 0) is 11.4 Å². The van der Waals surface area contributed by atoms with Gasteiger partial charge >= 0.3 is 5.97 Å². The van der Waals surface area contributed by atoms with Gasteiger partial charge in [0.2, 0.25) is 5.91 Å². The molecule has 0 saturated heterocycles. The molecule has 0 atom stereocenters. The lowest BCUT2D eigenvalue weighted by atomic mass is 10.3. The van der Waals surface area contributed by atoms with E-state index in [1.54, 1.807) is 11.3 Å². The van der Waals surface area contributed by atoms with Gasteiger partial charge in [-0.3, -0.25) is 9.59 Å². The number of amides is 1. The first kappa shape index (κ1) is 13.7. The topological polar surface area (TPSA) is 68.3 Å². The van der Waals surface area contributed by atoms with Crippen molar-refractivity contribution in [3.8, 4) is 9.88 Å². The molecule has 5 nitrogen and oxygen atoms in total. The predicted octanol–water partition coefficient (Wildman–Crippen LogP) is 1.70. The summed E-state index contributed by atoms with van der Waals surface area (Å²) in [5.74, 6) is -0.709. The summed E-state index contributed by atoms with van der Waals surface area (Å²) in [5.41, 5.74) is 0.704. The molecule has 7 heteroatoms. The smallest absolute Gasteiger partial charge is 0.325 e. The molecule has 1 N–H and O–H groups in total. The molecule has 19 heavy (non-hydrogen) atoms. The second-order valence-corrected chi connectivity index (χ2v) is 5.46. The molecule has 0 radical (unpaired) electrons. The number of carbonyl (C=O) groups is 2. The summed E-state index contributed by atoms with van der Waals surface area (Å²) in [7, 11) is 1.28. The maximum Gasteiger partial charge on any atom is 0.325 e. The summed E-state index contributed by atoms with van der Waals surface area (Å²) in [6.45, 7) is -0.114. The Morgan fingerprint density at radius 1 is 1.42 bits per heavy atom. The molecule has 0 saturated carbocycles. The zero-order chi connectivity index (χ0) is 13.7. The number of thiazole rings is 1. The van der Waals surface area contributed by atoms with Crippen LogP contribution in [0.1, 0.15) is 5.69 Å². The van der Waals surface area contributed by atoms with Crippen LogP contribution in [0, 0.1) is 0 Å². The zero-order valence-corrected chi connectivity index (χ0v) is 11.8. The molecule has 2 aromatic heterocycles. The van der Waals surface area contributed by atoms with Crippen molar-refractivity contribution in [2.75, 3.05) is 13.7 Å². The van der Waals surface area contributed by atoms with E-state index in [1.165, 1.54) is 18.4 Å². The number of ether oxygens (including phenoxy) is 1. The van der Waals surface area contributed by atoms with Crippen molar-refractivity contribution < 1.29 is 14.3 Å². The van der Waals surface area contributed by atoms with E-state index < -0.39 is 5.97 Å². The highest BCUT2D eigenvalue weighted by Crippen LogP contribution is 2.27. The number of thiophene rings is 1. The SMILES string of the molecule is COC(=O)CNC(=O)Cc1csc(-c2cccs2)n1. The fourth-order valence-electron chi connectivity index (χ4n) is 1.37. The molecule has 0 aliphatic heterocycles. The van der Waals surface area contributed by atoms with Crippen LogP contribution in [-0.2, 0) is 20.7 Å². The quantitative estimate of drug-likeness (QED) is 0.853. The number of nitrogens with zero attached hydrogens (tertiary/aromatic N) is 1. The Kier molecular flexibility index (Phi) is 4.64. The van der Waals surface area contributed by atoms with E-state index in [9.17, 15) is 9.59 Å². The Bertz CT molecular complexity index is 563. The van der Waals surface area contributed by atoms with Crippen molar-refractivity contribution in [1.82, 2.24) is 10.3 Å². The monoisotopic (exact) mass is 296 g/mol. The number of rotatable bonds is 5. The van der Waals surface area contributed by atoms with Gasteiger partial charge in [0.1, 0.15) is 11.6 Å². The van der Waals surface area contributed by atoms with Gasteiger partial charge in [0.05, 0.1) is 24.1 Å². The summed E-state index contributed by atoms with van der Waals surface area (Å²) in [6, 6.07) is 3.95. The number of hydrogen-bond acceptors (Lipinski definition) is 6. The van der Waals surface area contributed by atoms with Gasteiger partial charge in [-0.15, -0.1) is 22.7 Å². The average molecular weight is 296 g/mol. The summed E-state index contributed by atoms with van der Waals surface area (Å²) in [6.07, 6.45) is 0.166. The molecule has 2 rings (SSSR count). The molecule has 0 aliphatic carbocycles. The zero-order valence-electron chi connectivity index (χ0n) is 10.2. The van der Waals surface area contributed by atoms with Crippen LogP contribution in [0.5, 0.6) is 0 Å². The summed E-state index contributed by atoms with van der Waals surface area (Å²) < 4.78 is 4.44. The van der Waals surface area contributed by atoms with E-state index in [0.717, 1.165) is 9.88 Å². The molecule has 2 aromatic rings.